The van der Waals surface area contributed by atoms with Crippen LogP contribution in [0.15, 0.2) is 42.0 Å². The molecule has 4 nitrogen and oxygen atoms in total. The van der Waals surface area contributed by atoms with E-state index >= 15 is 0 Å². The number of carbonyl (C=O) groups excluding carboxylic acids is 3. The van der Waals surface area contributed by atoms with Gasteiger partial charge in [0, 0.05) is 12.0 Å². The summed E-state index contributed by atoms with van der Waals surface area (Å²) >= 11 is 0.992. The lowest BCUT2D eigenvalue weighted by Crippen LogP contribution is -2.35. The molecule has 1 N–H and O–H groups in total. The van der Waals surface area contributed by atoms with E-state index in [0.717, 1.165) is 17.3 Å². The molecule has 1 aromatic carbocycles. The van der Waals surface area contributed by atoms with E-state index in [4.69, 9.17) is 0 Å². The number of imide groups is 1. The highest BCUT2D eigenvalue weighted by Crippen LogP contribution is 2.46. The number of amides is 2. The molecule has 3 rings (SSSR count). The van der Waals surface area contributed by atoms with Gasteiger partial charge in [0.05, 0.1) is 0 Å². The van der Waals surface area contributed by atoms with Crippen LogP contribution in [0, 0.1) is 0 Å². The van der Waals surface area contributed by atoms with E-state index in [-0.39, 0.29) is 23.4 Å². The molecule has 1 saturated heterocycles. The molecule has 102 valence electrons. The van der Waals surface area contributed by atoms with Crippen LogP contribution in [0.1, 0.15) is 18.4 Å². The summed E-state index contributed by atoms with van der Waals surface area (Å²) in [5.74, 6) is -0.704. The third kappa shape index (κ3) is 2.08. The number of rotatable bonds is 3. The molecule has 1 atom stereocenters. The van der Waals surface area contributed by atoms with Crippen LogP contribution >= 0.6 is 11.8 Å². The fourth-order valence-corrected chi connectivity index (χ4v) is 3.93. The third-order valence-electron chi connectivity index (χ3n) is 3.60. The first-order valence-electron chi connectivity index (χ1n) is 6.44. The summed E-state index contributed by atoms with van der Waals surface area (Å²) in [5.41, 5.74) is 1.36. The van der Waals surface area contributed by atoms with Gasteiger partial charge in [0.25, 0.3) is 5.91 Å². The Morgan fingerprint density at radius 3 is 2.75 bits per heavy atom. The van der Waals surface area contributed by atoms with Crippen molar-refractivity contribution in [3.63, 3.8) is 0 Å². The summed E-state index contributed by atoms with van der Waals surface area (Å²) in [7, 11) is 0. The fraction of sp³-hybridized carbons (Fsp3) is 0.267. The third-order valence-corrected chi connectivity index (χ3v) is 4.93. The number of carbonyl (C=O) groups is 3. The van der Waals surface area contributed by atoms with Crippen molar-refractivity contribution in [2.24, 2.45) is 0 Å². The largest absolute Gasteiger partial charge is 0.291 e. The highest BCUT2D eigenvalue weighted by atomic mass is 32.2. The lowest BCUT2D eigenvalue weighted by atomic mass is 10.0. The minimum absolute atomic E-state index is 0.0890. The van der Waals surface area contributed by atoms with Crippen LogP contribution in [0.4, 0.5) is 0 Å². The average molecular weight is 287 g/mol. The summed E-state index contributed by atoms with van der Waals surface area (Å²) in [4.78, 5) is 35.9. The molecule has 1 aliphatic carbocycles. The molecule has 1 aliphatic heterocycles. The maximum atomic E-state index is 12.2. The van der Waals surface area contributed by atoms with Crippen LogP contribution < -0.4 is 5.32 Å². The monoisotopic (exact) mass is 287 g/mol. The maximum absolute atomic E-state index is 12.2. The first kappa shape index (κ1) is 13.1. The predicted molar refractivity (Wildman–Crippen MR) is 75.9 cm³/mol. The second-order valence-electron chi connectivity index (χ2n) is 4.90. The standard InChI is InChI=1S/C15H13NO3S/c17-12(9-10-5-2-1-3-6-10)20-15-8-4-7-11(15)13(18)16-14(15)19/h1-3,5-7H,4,8-9H2,(H,16,18,19). The van der Waals surface area contributed by atoms with E-state index in [1.54, 1.807) is 6.08 Å². The van der Waals surface area contributed by atoms with Gasteiger partial charge in [0.2, 0.25) is 5.91 Å². The molecule has 0 spiro atoms. The van der Waals surface area contributed by atoms with Gasteiger partial charge in [-0.25, -0.2) is 0 Å². The van der Waals surface area contributed by atoms with Crippen LogP contribution in [-0.2, 0) is 20.8 Å². The van der Waals surface area contributed by atoms with E-state index in [0.29, 0.717) is 18.4 Å². The number of benzene rings is 1. The summed E-state index contributed by atoms with van der Waals surface area (Å²) in [6.07, 6.45) is 3.22. The summed E-state index contributed by atoms with van der Waals surface area (Å²) in [5, 5.41) is 2.22. The normalized spacial score (nSPS) is 24.3. The minimum Gasteiger partial charge on any atom is -0.291 e. The summed E-state index contributed by atoms with van der Waals surface area (Å²) in [6, 6.07) is 9.39. The predicted octanol–water partition coefficient (Wildman–Crippen LogP) is 1.60. The number of fused-ring (bicyclic) bond motifs is 1. The molecular formula is C15H13NO3S. The molecule has 2 amide bonds. The average Bonchev–Trinajstić information content (AvgIpc) is 2.92. The van der Waals surface area contributed by atoms with Crippen LogP contribution in [0.25, 0.3) is 0 Å². The van der Waals surface area contributed by atoms with Gasteiger partial charge < -0.3 is 0 Å². The quantitative estimate of drug-likeness (QED) is 0.858. The number of hydrogen-bond donors (Lipinski definition) is 1. The lowest BCUT2D eigenvalue weighted by Gasteiger charge is -2.20. The van der Waals surface area contributed by atoms with Crippen LogP contribution in [-0.4, -0.2) is 21.7 Å². The minimum atomic E-state index is -0.983. The van der Waals surface area contributed by atoms with Crippen molar-refractivity contribution in [1.82, 2.24) is 5.32 Å². The van der Waals surface area contributed by atoms with Crippen molar-refractivity contribution < 1.29 is 14.4 Å². The zero-order valence-electron chi connectivity index (χ0n) is 10.7. The Bertz CT molecular complexity index is 623. The molecule has 5 heteroatoms. The Morgan fingerprint density at radius 2 is 2.00 bits per heavy atom. The van der Waals surface area contributed by atoms with Crippen LogP contribution in [0.2, 0.25) is 0 Å². The van der Waals surface area contributed by atoms with E-state index in [1.807, 2.05) is 30.3 Å². The van der Waals surface area contributed by atoms with Gasteiger partial charge >= 0.3 is 0 Å². The Labute approximate surface area is 120 Å². The van der Waals surface area contributed by atoms with Crippen molar-refractivity contribution in [1.29, 1.82) is 0 Å². The number of thioether (sulfide) groups is 1. The van der Waals surface area contributed by atoms with Crippen LogP contribution in [0.3, 0.4) is 0 Å². The highest BCUT2D eigenvalue weighted by molar-refractivity contribution is 8.15. The zero-order chi connectivity index (χ0) is 14.2. The van der Waals surface area contributed by atoms with Crippen molar-refractivity contribution >= 4 is 28.7 Å². The van der Waals surface area contributed by atoms with E-state index < -0.39 is 4.75 Å². The molecule has 20 heavy (non-hydrogen) atoms. The van der Waals surface area contributed by atoms with Crippen molar-refractivity contribution in [2.45, 2.75) is 24.0 Å². The Kier molecular flexibility index (Phi) is 3.22. The molecular weight excluding hydrogens is 274 g/mol. The number of allylic oxidation sites excluding steroid dienone is 1. The maximum Gasteiger partial charge on any atom is 0.255 e. The lowest BCUT2D eigenvalue weighted by molar-refractivity contribution is -0.125. The Balaban J connectivity index is 1.77. The van der Waals surface area contributed by atoms with E-state index in [9.17, 15) is 14.4 Å². The molecule has 0 bridgehead atoms. The Morgan fingerprint density at radius 1 is 1.25 bits per heavy atom. The van der Waals surface area contributed by atoms with Gasteiger partial charge in [-0.3, -0.25) is 19.7 Å². The van der Waals surface area contributed by atoms with E-state index in [2.05, 4.69) is 5.32 Å². The first-order chi connectivity index (χ1) is 9.62. The molecule has 1 heterocycles. The molecule has 0 radical (unpaired) electrons. The molecule has 0 saturated carbocycles. The highest BCUT2D eigenvalue weighted by Gasteiger charge is 2.54. The molecule has 0 aromatic heterocycles. The number of nitrogens with one attached hydrogen (secondary N) is 1. The van der Waals surface area contributed by atoms with Crippen molar-refractivity contribution in [3.8, 4) is 0 Å². The van der Waals surface area contributed by atoms with Gasteiger partial charge in [-0.1, -0.05) is 48.2 Å². The molecule has 2 aliphatic rings. The van der Waals surface area contributed by atoms with Gasteiger partial charge in [-0.2, -0.15) is 0 Å². The molecule has 1 fully saturated rings. The molecule has 1 unspecified atom stereocenters. The second-order valence-corrected chi connectivity index (χ2v) is 6.26. The van der Waals surface area contributed by atoms with Gasteiger partial charge in [-0.15, -0.1) is 0 Å². The van der Waals surface area contributed by atoms with Gasteiger partial charge in [-0.05, 0) is 18.4 Å². The second kappa shape index (κ2) is 4.90. The van der Waals surface area contributed by atoms with Crippen molar-refractivity contribution in [2.75, 3.05) is 0 Å². The Hall–Kier alpha value is -1.88. The topological polar surface area (TPSA) is 63.2 Å². The zero-order valence-corrected chi connectivity index (χ0v) is 11.5. The SMILES string of the molecule is O=C(Cc1ccccc1)SC12CCC=C1C(=O)NC2=O. The molecule has 1 aromatic rings. The number of hydrogen-bond acceptors (Lipinski definition) is 4. The fourth-order valence-electron chi connectivity index (χ4n) is 2.65. The van der Waals surface area contributed by atoms with Crippen molar-refractivity contribution in [3.05, 3.63) is 47.5 Å². The van der Waals surface area contributed by atoms with Gasteiger partial charge in [0.1, 0.15) is 4.75 Å². The first-order valence-corrected chi connectivity index (χ1v) is 7.26. The van der Waals surface area contributed by atoms with Gasteiger partial charge in [0.15, 0.2) is 5.12 Å². The summed E-state index contributed by atoms with van der Waals surface area (Å²) in [6.45, 7) is 0. The van der Waals surface area contributed by atoms with E-state index in [1.165, 1.54) is 0 Å². The smallest absolute Gasteiger partial charge is 0.255 e. The van der Waals surface area contributed by atoms with Crippen LogP contribution in [0.5, 0.6) is 0 Å². The summed E-state index contributed by atoms with van der Waals surface area (Å²) < 4.78 is -0.983.